The highest BCUT2D eigenvalue weighted by Crippen LogP contribution is 2.63. The van der Waals surface area contributed by atoms with E-state index < -0.39 is 71.0 Å². The van der Waals surface area contributed by atoms with Crippen LogP contribution in [0.15, 0.2) is 23.3 Å². The van der Waals surface area contributed by atoms with Gasteiger partial charge in [0.05, 0.1) is 0 Å². The summed E-state index contributed by atoms with van der Waals surface area (Å²) < 4.78 is 22.9. The highest BCUT2D eigenvalue weighted by Gasteiger charge is 2.82. The molecule has 0 saturated carbocycles. The van der Waals surface area contributed by atoms with E-state index in [0.29, 0.717) is 12.0 Å². The smallest absolute Gasteiger partial charge is 0.341 e. The van der Waals surface area contributed by atoms with E-state index in [4.69, 9.17) is 18.9 Å². The average Bonchev–Trinajstić information content (AvgIpc) is 3.40. The molecular weight excluding hydrogens is 432 g/mol. The standard InChI is InChI=1S/C24H32O9/c1-11-9-15(30-13(3)25)19(27)22(5)16(31-14(4)26)8-7-12(2)18(22)20-24(33-20)17(10-11)32-21(28)23(24,6)29/h7,10,15-20,27,29H,8-9H2,1-6H3. The molecule has 9 atom stereocenters. The molecule has 1 spiro atoms. The maximum absolute atomic E-state index is 12.6. The van der Waals surface area contributed by atoms with Gasteiger partial charge in [-0.05, 0) is 26.8 Å². The fraction of sp³-hybridized carbons (Fsp3) is 0.708. The molecule has 0 aromatic rings. The number of hydrogen-bond acceptors (Lipinski definition) is 9. The third kappa shape index (κ3) is 3.35. The Morgan fingerprint density at radius 3 is 2.39 bits per heavy atom. The molecule has 4 rings (SSSR count). The number of aliphatic hydroxyl groups excluding tert-OH is 1. The van der Waals surface area contributed by atoms with Crippen LogP contribution in [0.25, 0.3) is 0 Å². The minimum Gasteiger partial charge on any atom is -0.462 e. The zero-order valence-electron chi connectivity index (χ0n) is 19.8. The van der Waals surface area contributed by atoms with Crippen LogP contribution >= 0.6 is 0 Å². The van der Waals surface area contributed by atoms with Crippen molar-refractivity contribution in [3.05, 3.63) is 23.3 Å². The number of aliphatic hydroxyl groups is 2. The van der Waals surface area contributed by atoms with E-state index in [1.807, 2.05) is 13.0 Å². The van der Waals surface area contributed by atoms with Crippen molar-refractivity contribution in [2.24, 2.45) is 11.3 Å². The summed E-state index contributed by atoms with van der Waals surface area (Å²) in [5, 5.41) is 22.9. The van der Waals surface area contributed by atoms with Crippen LogP contribution in [0.3, 0.4) is 0 Å². The Labute approximate surface area is 192 Å². The second kappa shape index (κ2) is 7.65. The van der Waals surface area contributed by atoms with E-state index in [2.05, 4.69) is 0 Å². The summed E-state index contributed by atoms with van der Waals surface area (Å²) >= 11 is 0. The van der Waals surface area contributed by atoms with E-state index in [0.717, 1.165) is 5.57 Å². The van der Waals surface area contributed by atoms with Crippen LogP contribution in [0.2, 0.25) is 0 Å². The van der Waals surface area contributed by atoms with Gasteiger partial charge in [0.1, 0.15) is 24.4 Å². The Morgan fingerprint density at radius 1 is 1.15 bits per heavy atom. The van der Waals surface area contributed by atoms with Crippen LogP contribution in [0.1, 0.15) is 54.4 Å². The first-order valence-electron chi connectivity index (χ1n) is 11.2. The first-order valence-corrected chi connectivity index (χ1v) is 11.2. The Bertz CT molecular complexity index is 950. The molecule has 9 unspecified atom stereocenters. The van der Waals surface area contributed by atoms with Gasteiger partial charge < -0.3 is 29.2 Å². The molecule has 33 heavy (non-hydrogen) atoms. The molecule has 2 saturated heterocycles. The van der Waals surface area contributed by atoms with Gasteiger partial charge in [-0.2, -0.15) is 0 Å². The number of fused-ring (bicyclic) bond motifs is 2. The Hall–Kier alpha value is -2.23. The normalized spacial score (nSPS) is 46.5. The number of rotatable bonds is 2. The van der Waals surface area contributed by atoms with E-state index in [1.54, 1.807) is 19.9 Å². The first kappa shape index (κ1) is 23.9. The van der Waals surface area contributed by atoms with E-state index >= 15 is 0 Å². The summed E-state index contributed by atoms with van der Waals surface area (Å²) in [6.07, 6.45) is -0.358. The van der Waals surface area contributed by atoms with Crippen molar-refractivity contribution in [3.63, 3.8) is 0 Å². The molecule has 4 aliphatic rings. The average molecular weight is 465 g/mol. The molecule has 9 nitrogen and oxygen atoms in total. The van der Waals surface area contributed by atoms with Crippen LogP contribution in [0, 0.1) is 11.3 Å². The summed E-state index contributed by atoms with van der Waals surface area (Å²) in [7, 11) is 0. The number of hydrogen-bond donors (Lipinski definition) is 2. The molecule has 2 aliphatic heterocycles. The van der Waals surface area contributed by atoms with Crippen molar-refractivity contribution in [1.29, 1.82) is 0 Å². The largest absolute Gasteiger partial charge is 0.462 e. The monoisotopic (exact) mass is 464 g/mol. The maximum atomic E-state index is 12.6. The van der Waals surface area contributed by atoms with Crippen LogP contribution in [-0.4, -0.2) is 69.8 Å². The van der Waals surface area contributed by atoms with Crippen molar-refractivity contribution in [2.45, 2.75) is 96.1 Å². The summed E-state index contributed by atoms with van der Waals surface area (Å²) in [5.74, 6) is -2.40. The Kier molecular flexibility index (Phi) is 5.54. The predicted octanol–water partition coefficient (Wildman–Crippen LogP) is 1.35. The van der Waals surface area contributed by atoms with Gasteiger partial charge in [-0.15, -0.1) is 0 Å². The molecule has 182 valence electrons. The van der Waals surface area contributed by atoms with Gasteiger partial charge in [-0.1, -0.05) is 24.1 Å². The van der Waals surface area contributed by atoms with Crippen molar-refractivity contribution < 1.29 is 43.5 Å². The Morgan fingerprint density at radius 2 is 1.79 bits per heavy atom. The SMILES string of the molecule is CC(=O)OC1CC(C)=CC2OC(=O)C(C)(O)C23OC3C2C(C)=CCC(OC(C)=O)C2(C)C1O. The molecule has 0 aromatic carbocycles. The molecule has 2 aliphatic carbocycles. The molecule has 0 aromatic heterocycles. The number of ether oxygens (including phenoxy) is 4. The molecule has 0 radical (unpaired) electrons. The summed E-state index contributed by atoms with van der Waals surface area (Å²) in [6.45, 7) is 9.37. The van der Waals surface area contributed by atoms with Gasteiger partial charge in [0, 0.05) is 38.0 Å². The number of epoxide rings is 1. The van der Waals surface area contributed by atoms with Crippen LogP contribution in [0.5, 0.6) is 0 Å². The van der Waals surface area contributed by atoms with E-state index in [1.165, 1.54) is 20.8 Å². The van der Waals surface area contributed by atoms with Gasteiger partial charge in [-0.25, -0.2) is 4.79 Å². The Balaban J connectivity index is 1.91. The molecule has 0 bridgehead atoms. The summed E-state index contributed by atoms with van der Waals surface area (Å²) in [5.41, 5.74) is -2.85. The van der Waals surface area contributed by atoms with Gasteiger partial charge in [0.15, 0.2) is 17.3 Å². The molecular formula is C24H32O9. The van der Waals surface area contributed by atoms with E-state index in [-0.39, 0.29) is 6.42 Å². The number of esters is 3. The van der Waals surface area contributed by atoms with Crippen LogP contribution < -0.4 is 0 Å². The predicted molar refractivity (Wildman–Crippen MR) is 114 cm³/mol. The molecule has 2 heterocycles. The maximum Gasteiger partial charge on any atom is 0.341 e. The van der Waals surface area contributed by atoms with Gasteiger partial charge in [0.25, 0.3) is 0 Å². The third-order valence-corrected chi connectivity index (χ3v) is 7.89. The van der Waals surface area contributed by atoms with E-state index in [9.17, 15) is 24.6 Å². The topological polar surface area (TPSA) is 132 Å². The van der Waals surface area contributed by atoms with Gasteiger partial charge in [0.2, 0.25) is 0 Å². The molecule has 0 amide bonds. The van der Waals surface area contributed by atoms with Gasteiger partial charge in [-0.3, -0.25) is 9.59 Å². The van der Waals surface area contributed by atoms with Crippen molar-refractivity contribution in [1.82, 2.24) is 0 Å². The zero-order valence-corrected chi connectivity index (χ0v) is 19.8. The van der Waals surface area contributed by atoms with Crippen LogP contribution in [-0.2, 0) is 33.3 Å². The lowest BCUT2D eigenvalue weighted by Gasteiger charge is -2.50. The minimum atomic E-state index is -1.91. The van der Waals surface area contributed by atoms with Crippen molar-refractivity contribution in [3.8, 4) is 0 Å². The second-order valence-electron chi connectivity index (χ2n) is 10.2. The highest BCUT2D eigenvalue weighted by molar-refractivity contribution is 5.85. The fourth-order valence-electron chi connectivity index (χ4n) is 6.18. The second-order valence-corrected chi connectivity index (χ2v) is 10.2. The quantitative estimate of drug-likeness (QED) is 0.269. The lowest BCUT2D eigenvalue weighted by atomic mass is 9.57. The number of carbonyl (C=O) groups is 3. The van der Waals surface area contributed by atoms with Crippen molar-refractivity contribution >= 4 is 17.9 Å². The van der Waals surface area contributed by atoms with Crippen molar-refractivity contribution in [2.75, 3.05) is 0 Å². The third-order valence-electron chi connectivity index (χ3n) is 7.89. The molecule has 2 fully saturated rings. The zero-order chi connectivity index (χ0) is 24.5. The first-order chi connectivity index (χ1) is 15.3. The minimum absolute atomic E-state index is 0.162. The fourth-order valence-corrected chi connectivity index (χ4v) is 6.18. The lowest BCUT2D eigenvalue weighted by molar-refractivity contribution is -0.186. The summed E-state index contributed by atoms with van der Waals surface area (Å²) in [6, 6.07) is 0. The van der Waals surface area contributed by atoms with Crippen LogP contribution in [0.4, 0.5) is 0 Å². The molecule has 2 N–H and O–H groups in total. The van der Waals surface area contributed by atoms with Gasteiger partial charge >= 0.3 is 17.9 Å². The highest BCUT2D eigenvalue weighted by atomic mass is 16.7. The number of carbonyl (C=O) groups excluding carboxylic acids is 3. The molecule has 9 heteroatoms. The lowest BCUT2D eigenvalue weighted by Crippen LogP contribution is -2.60. The summed E-state index contributed by atoms with van der Waals surface area (Å²) in [4.78, 5) is 36.5.